The number of sulfone groups is 1. The quantitative estimate of drug-likeness (QED) is 0.135. The second kappa shape index (κ2) is 14.5. The molecule has 0 radical (unpaired) electrons. The molecule has 0 amide bonds. The van der Waals surface area contributed by atoms with Crippen molar-refractivity contribution in [1.82, 2.24) is 4.72 Å². The van der Waals surface area contributed by atoms with Crippen LogP contribution in [0.15, 0.2) is 64.6 Å². The van der Waals surface area contributed by atoms with Crippen LogP contribution in [0.25, 0.3) is 0 Å². The van der Waals surface area contributed by atoms with Gasteiger partial charge in [0, 0.05) is 12.0 Å². The van der Waals surface area contributed by atoms with E-state index in [9.17, 15) is 35.6 Å². The second-order valence-electron chi connectivity index (χ2n) is 10.0. The Morgan fingerprint density at radius 1 is 1.02 bits per heavy atom. The largest absolute Gasteiger partial charge is 0.619 e. The van der Waals surface area contributed by atoms with Gasteiger partial charge in [0.1, 0.15) is 22.7 Å². The molecule has 1 fully saturated rings. The first-order valence-corrected chi connectivity index (χ1v) is 17.4. The van der Waals surface area contributed by atoms with Crippen LogP contribution >= 0.6 is 23.2 Å². The van der Waals surface area contributed by atoms with E-state index in [1.165, 1.54) is 25.1 Å². The van der Waals surface area contributed by atoms with Crippen molar-refractivity contribution in [3.05, 3.63) is 81.2 Å². The molecule has 1 heterocycles. The average molecular weight is 710 g/mol. The van der Waals surface area contributed by atoms with Gasteiger partial charge in [0.2, 0.25) is 10.0 Å². The number of halogens is 4. The van der Waals surface area contributed by atoms with Crippen molar-refractivity contribution < 1.29 is 49.4 Å². The van der Waals surface area contributed by atoms with Crippen LogP contribution in [-0.2, 0) is 35.8 Å². The molecule has 0 aliphatic heterocycles. The summed E-state index contributed by atoms with van der Waals surface area (Å²) < 4.78 is 94.2. The Morgan fingerprint density at radius 2 is 1.64 bits per heavy atom. The lowest BCUT2D eigenvalue weighted by Crippen LogP contribution is -2.32. The molecule has 1 atom stereocenters. The first-order chi connectivity index (χ1) is 21.2. The number of carbonyl (C=O) groups is 1. The van der Waals surface area contributed by atoms with Crippen molar-refractivity contribution in [1.29, 1.82) is 0 Å². The van der Waals surface area contributed by atoms with E-state index in [0.717, 1.165) is 49.5 Å². The lowest BCUT2D eigenvalue weighted by molar-refractivity contribution is -0.605. The molecule has 1 saturated carbocycles. The summed E-state index contributed by atoms with van der Waals surface area (Å²) in [6.07, 6.45) is 2.53. The zero-order chi connectivity index (χ0) is 32.9. The maximum atomic E-state index is 13.1. The van der Waals surface area contributed by atoms with Crippen LogP contribution in [-0.4, -0.2) is 48.3 Å². The van der Waals surface area contributed by atoms with Crippen LogP contribution < -0.4 is 18.9 Å². The van der Waals surface area contributed by atoms with Gasteiger partial charge in [-0.25, -0.2) is 16.8 Å². The third kappa shape index (κ3) is 9.39. The van der Waals surface area contributed by atoms with Gasteiger partial charge in [-0.15, -0.1) is 0 Å². The van der Waals surface area contributed by atoms with Crippen LogP contribution in [0, 0.1) is 11.1 Å². The van der Waals surface area contributed by atoms with Crippen LogP contribution in [0.3, 0.4) is 0 Å². The molecule has 0 bridgehead atoms. The number of sulfonamides is 1. The van der Waals surface area contributed by atoms with Gasteiger partial charge in [-0.05, 0) is 60.7 Å². The van der Waals surface area contributed by atoms with E-state index in [1.54, 1.807) is 0 Å². The number of ether oxygens (including phenoxy) is 3. The Labute approximate surface area is 268 Å². The number of hydrogen-bond donors (Lipinski definition) is 1. The number of nitrogens with one attached hydrogen (secondary N) is 1. The van der Waals surface area contributed by atoms with E-state index >= 15 is 0 Å². The van der Waals surface area contributed by atoms with Crippen molar-refractivity contribution in [2.45, 2.75) is 48.7 Å². The molecule has 3 aromatic rings. The van der Waals surface area contributed by atoms with Crippen LogP contribution in [0.2, 0.25) is 10.0 Å². The molecule has 45 heavy (non-hydrogen) atoms. The van der Waals surface area contributed by atoms with E-state index in [4.69, 9.17) is 32.7 Å². The Hall–Kier alpha value is -3.24. The van der Waals surface area contributed by atoms with Crippen molar-refractivity contribution in [3.8, 4) is 11.5 Å². The number of carbonyl (C=O) groups excluding carboxylic acids is 1. The summed E-state index contributed by atoms with van der Waals surface area (Å²) in [5, 5.41) is 11.7. The lowest BCUT2D eigenvalue weighted by atomic mass is 10.0. The Bertz CT molecular complexity index is 1730. The van der Waals surface area contributed by atoms with Crippen LogP contribution in [0.5, 0.6) is 11.5 Å². The highest BCUT2D eigenvalue weighted by Crippen LogP contribution is 2.37. The van der Waals surface area contributed by atoms with Crippen LogP contribution in [0.4, 0.5) is 8.78 Å². The average Bonchev–Trinajstić information content (AvgIpc) is 3.81. The Kier molecular flexibility index (Phi) is 11.1. The summed E-state index contributed by atoms with van der Waals surface area (Å²) in [6.45, 7) is -2.26. The highest BCUT2D eigenvalue weighted by Gasteiger charge is 2.27. The molecule has 1 N–H and O–H groups in total. The second-order valence-corrected chi connectivity index (χ2v) is 14.9. The molecule has 244 valence electrons. The summed E-state index contributed by atoms with van der Waals surface area (Å²) in [6, 6.07) is 8.39. The fraction of sp³-hybridized carbons (Fsp3) is 0.357. The predicted octanol–water partition coefficient (Wildman–Crippen LogP) is 4.62. The molecule has 11 nitrogen and oxygen atoms in total. The maximum Gasteiger partial charge on any atom is 0.387 e. The van der Waals surface area contributed by atoms with Gasteiger partial charge in [-0.2, -0.15) is 18.2 Å². The number of esters is 1. The molecular weight excluding hydrogens is 681 g/mol. The van der Waals surface area contributed by atoms with Crippen molar-refractivity contribution in [2.75, 3.05) is 18.9 Å². The van der Waals surface area contributed by atoms with Gasteiger partial charge in [0.05, 0.1) is 22.2 Å². The predicted molar refractivity (Wildman–Crippen MR) is 159 cm³/mol. The minimum absolute atomic E-state index is 0.0300. The third-order valence-corrected chi connectivity index (χ3v) is 10.5. The topological polar surface area (TPSA) is 152 Å². The molecule has 0 unspecified atom stereocenters. The SMILES string of the molecule is CCS(=O)(=O)c1ccc(S(=O)(=O)NCC(=O)O[C@@H](Cc2c(Cl)c[n+]([O-])cc2Cl)c2ccc(OC(F)F)c(OCC3CC3)c2)cc1. The molecule has 17 heteroatoms. The Balaban J connectivity index is 1.57. The number of pyridine rings is 1. The maximum absolute atomic E-state index is 13.1. The van der Waals surface area contributed by atoms with Crippen molar-refractivity contribution in [2.24, 2.45) is 5.92 Å². The molecule has 0 saturated heterocycles. The molecule has 1 aromatic heterocycles. The number of nitrogens with zero attached hydrogens (tertiary/aromatic N) is 1. The van der Waals surface area contributed by atoms with Gasteiger partial charge in [0.15, 0.2) is 33.7 Å². The summed E-state index contributed by atoms with van der Waals surface area (Å²) >= 11 is 12.5. The molecule has 2 aromatic carbocycles. The highest BCUT2D eigenvalue weighted by atomic mass is 35.5. The first kappa shape index (κ1) is 34.6. The standard InChI is InChI=1S/C28H28Cl2F2N2O9S2/c1-2-44(37,38)19-6-8-20(9-7-19)45(39,40)33-13-27(35)42-25(12-21-22(29)14-34(36)15-23(21)30)18-5-10-24(43-28(31)32)26(11-18)41-16-17-3-4-17/h5-11,14-15,17,25,28,33H,2-4,12-13,16H2,1H3/t25-/m0/s1. The Morgan fingerprint density at radius 3 is 2.22 bits per heavy atom. The van der Waals surface area contributed by atoms with Gasteiger partial charge >= 0.3 is 12.6 Å². The summed E-state index contributed by atoms with van der Waals surface area (Å²) in [5.74, 6) is -1.21. The summed E-state index contributed by atoms with van der Waals surface area (Å²) in [7, 11) is -7.83. The van der Waals surface area contributed by atoms with Gasteiger partial charge in [0.25, 0.3) is 0 Å². The molecule has 0 spiro atoms. The van der Waals surface area contributed by atoms with Gasteiger partial charge in [-0.1, -0.05) is 36.2 Å². The highest BCUT2D eigenvalue weighted by molar-refractivity contribution is 7.91. The van der Waals surface area contributed by atoms with Gasteiger partial charge in [-0.3, -0.25) is 4.79 Å². The lowest BCUT2D eigenvalue weighted by Gasteiger charge is -2.21. The van der Waals surface area contributed by atoms with E-state index < -0.39 is 45.1 Å². The van der Waals surface area contributed by atoms with E-state index in [0.29, 0.717) is 4.73 Å². The van der Waals surface area contributed by atoms with E-state index in [2.05, 4.69) is 9.46 Å². The van der Waals surface area contributed by atoms with Gasteiger partial charge < -0.3 is 19.4 Å². The first-order valence-electron chi connectivity index (χ1n) is 13.5. The number of aromatic nitrogens is 1. The minimum Gasteiger partial charge on any atom is -0.619 e. The van der Waals surface area contributed by atoms with Crippen LogP contribution in [0.1, 0.15) is 37.0 Å². The van der Waals surface area contributed by atoms with E-state index in [1.807, 2.05) is 0 Å². The third-order valence-electron chi connectivity index (χ3n) is 6.73. The molecule has 4 rings (SSSR count). The number of hydrogen-bond acceptors (Lipinski definition) is 9. The summed E-state index contributed by atoms with van der Waals surface area (Å²) in [5.41, 5.74) is 0.469. The molecule has 1 aliphatic carbocycles. The van der Waals surface area contributed by atoms with E-state index in [-0.39, 0.29) is 67.2 Å². The molecular formula is C28H28Cl2F2N2O9S2. The minimum atomic E-state index is -4.27. The number of rotatable bonds is 15. The van der Waals surface area contributed by atoms with Crippen molar-refractivity contribution in [3.63, 3.8) is 0 Å². The fourth-order valence-corrected chi connectivity index (χ4v) is 6.54. The zero-order valence-electron chi connectivity index (χ0n) is 23.6. The smallest absolute Gasteiger partial charge is 0.387 e. The number of alkyl halides is 2. The monoisotopic (exact) mass is 708 g/mol. The number of benzene rings is 2. The normalized spacial score (nSPS) is 14.3. The molecule has 1 aliphatic rings. The summed E-state index contributed by atoms with van der Waals surface area (Å²) in [4.78, 5) is 12.6. The zero-order valence-corrected chi connectivity index (χ0v) is 26.8. The fourth-order valence-electron chi connectivity index (χ4n) is 4.09. The van der Waals surface area contributed by atoms with Crippen molar-refractivity contribution >= 4 is 49.0 Å².